The van der Waals surface area contributed by atoms with Crippen LogP contribution in [0.4, 0.5) is 79.0 Å². The molecule has 0 aliphatic heterocycles. The Labute approximate surface area is 159 Å². The average molecular weight is 510 g/mol. The van der Waals surface area contributed by atoms with Crippen molar-refractivity contribution in [3.8, 4) is 0 Å². The van der Waals surface area contributed by atoms with Gasteiger partial charge in [0.2, 0.25) is 0 Å². The molecule has 19 heteroatoms. The first kappa shape index (κ1) is 29.7. The predicted octanol–water partition coefficient (Wildman–Crippen LogP) is 7.41. The topological polar surface area (TPSA) is 9.23 Å². The number of hydrogen-bond acceptors (Lipinski definition) is 1. The third-order valence-corrected chi connectivity index (χ3v) is 3.40. The van der Waals surface area contributed by atoms with E-state index in [1.165, 1.54) is 0 Å². The van der Waals surface area contributed by atoms with Gasteiger partial charge in [0, 0.05) is 25.7 Å². The standard InChI is InChI=1S/C12H8F18O/c13-5(14,1-3-7(17,18)19)9(23,11(25,26)27)31-10(24,12(28,29)30)6(15,16)2-4-8(20,21)22/h1-4H2. The lowest BCUT2D eigenvalue weighted by Gasteiger charge is -2.42. The maximum absolute atomic E-state index is 13.9. The molecule has 0 aromatic heterocycles. The molecule has 0 aliphatic rings. The molecule has 0 aromatic rings. The summed E-state index contributed by atoms with van der Waals surface area (Å²) in [6, 6.07) is 0. The van der Waals surface area contributed by atoms with E-state index in [-0.39, 0.29) is 0 Å². The Bertz CT molecular complexity index is 545. The van der Waals surface area contributed by atoms with E-state index < -0.39 is 73.9 Å². The zero-order chi connectivity index (χ0) is 25.5. The fraction of sp³-hybridized carbons (Fsp3) is 1.00. The van der Waals surface area contributed by atoms with Crippen LogP contribution in [-0.2, 0) is 4.74 Å². The largest absolute Gasteiger partial charge is 0.455 e. The monoisotopic (exact) mass is 510 g/mol. The Kier molecular flexibility index (Phi) is 7.89. The van der Waals surface area contributed by atoms with E-state index in [9.17, 15) is 79.0 Å². The molecule has 0 saturated heterocycles. The van der Waals surface area contributed by atoms with Gasteiger partial charge in [-0.25, -0.2) is 0 Å². The van der Waals surface area contributed by atoms with E-state index in [0.29, 0.717) is 0 Å². The van der Waals surface area contributed by atoms with Crippen molar-refractivity contribution in [1.82, 2.24) is 0 Å². The van der Waals surface area contributed by atoms with Gasteiger partial charge in [-0.2, -0.15) is 79.0 Å². The first-order valence-corrected chi connectivity index (χ1v) is 7.22. The van der Waals surface area contributed by atoms with Crippen molar-refractivity contribution in [1.29, 1.82) is 0 Å². The quantitative estimate of drug-likeness (QED) is 0.309. The van der Waals surface area contributed by atoms with Crippen molar-refractivity contribution in [3.05, 3.63) is 0 Å². The molecular weight excluding hydrogens is 502 g/mol. The van der Waals surface area contributed by atoms with Gasteiger partial charge in [0.1, 0.15) is 0 Å². The van der Waals surface area contributed by atoms with E-state index in [1.54, 1.807) is 4.74 Å². The van der Waals surface area contributed by atoms with Crippen LogP contribution < -0.4 is 0 Å². The minimum Gasteiger partial charge on any atom is -0.284 e. The molecule has 1 nitrogen and oxygen atoms in total. The van der Waals surface area contributed by atoms with Crippen LogP contribution in [0.5, 0.6) is 0 Å². The maximum atomic E-state index is 13.9. The van der Waals surface area contributed by atoms with Crippen LogP contribution in [0.15, 0.2) is 0 Å². The first-order valence-electron chi connectivity index (χ1n) is 7.22. The molecule has 0 aromatic carbocycles. The second kappa shape index (κ2) is 8.24. The SMILES string of the molecule is FC(F)(F)CCC(F)(F)C(F)(OC(F)(C(F)(F)F)C(F)(F)CCC(F)(F)F)C(F)(F)F. The average Bonchev–Trinajstić information content (AvgIpc) is 2.47. The van der Waals surface area contributed by atoms with Crippen LogP contribution in [0.3, 0.4) is 0 Å². The molecule has 2 atom stereocenters. The summed E-state index contributed by atoms with van der Waals surface area (Å²) in [5.74, 6) is -28.4. The lowest BCUT2D eigenvalue weighted by molar-refractivity contribution is -0.501. The second-order valence-corrected chi connectivity index (χ2v) is 5.93. The molecule has 0 heterocycles. The molecule has 0 spiro atoms. The summed E-state index contributed by atoms with van der Waals surface area (Å²) in [6.45, 7) is 0. The fourth-order valence-electron chi connectivity index (χ4n) is 1.79. The minimum absolute atomic E-state index is 1.80. The molecule has 0 saturated carbocycles. The Hall–Kier alpha value is -1.30. The first-order chi connectivity index (χ1) is 13.1. The van der Waals surface area contributed by atoms with Gasteiger partial charge in [-0.3, -0.25) is 4.74 Å². The van der Waals surface area contributed by atoms with Crippen LogP contribution >= 0.6 is 0 Å². The van der Waals surface area contributed by atoms with Crippen molar-refractivity contribution in [2.45, 2.75) is 73.9 Å². The summed E-state index contributed by atoms with van der Waals surface area (Å²) in [6.07, 6.45) is -39.4. The van der Waals surface area contributed by atoms with Crippen molar-refractivity contribution < 1.29 is 83.8 Å². The zero-order valence-electron chi connectivity index (χ0n) is 14.0. The summed E-state index contributed by atoms with van der Waals surface area (Å²) < 4.78 is 231. The number of hydrogen-bond donors (Lipinski definition) is 0. The smallest absolute Gasteiger partial charge is 0.284 e. The van der Waals surface area contributed by atoms with Gasteiger partial charge in [0.15, 0.2) is 0 Å². The van der Waals surface area contributed by atoms with E-state index in [1.807, 2.05) is 0 Å². The summed E-state index contributed by atoms with van der Waals surface area (Å²) in [4.78, 5) is 0. The molecule has 0 aliphatic carbocycles. The Morgan fingerprint density at radius 1 is 0.355 bits per heavy atom. The molecular formula is C12H8F18O. The van der Waals surface area contributed by atoms with Gasteiger partial charge >= 0.3 is 48.3 Å². The normalized spacial score (nSPS) is 19.2. The number of halogens is 18. The van der Waals surface area contributed by atoms with Gasteiger partial charge in [-0.1, -0.05) is 0 Å². The van der Waals surface area contributed by atoms with Crippen LogP contribution in [0.25, 0.3) is 0 Å². The number of rotatable bonds is 8. The molecule has 0 amide bonds. The van der Waals surface area contributed by atoms with Gasteiger partial charge in [0.05, 0.1) is 0 Å². The highest BCUT2D eigenvalue weighted by molar-refractivity contribution is 5.00. The van der Waals surface area contributed by atoms with Gasteiger partial charge in [0.25, 0.3) is 0 Å². The van der Waals surface area contributed by atoms with Gasteiger partial charge in [-0.05, 0) is 0 Å². The third-order valence-electron chi connectivity index (χ3n) is 3.40. The van der Waals surface area contributed by atoms with Crippen molar-refractivity contribution in [2.75, 3.05) is 0 Å². The van der Waals surface area contributed by atoms with Gasteiger partial charge < -0.3 is 0 Å². The Morgan fingerprint density at radius 2 is 0.581 bits per heavy atom. The van der Waals surface area contributed by atoms with Gasteiger partial charge in [-0.15, -0.1) is 0 Å². The summed E-state index contributed by atoms with van der Waals surface area (Å²) in [5, 5.41) is 0. The molecule has 0 N–H and O–H groups in total. The fourth-order valence-corrected chi connectivity index (χ4v) is 1.79. The summed E-state index contributed by atoms with van der Waals surface area (Å²) in [5.41, 5.74) is 0. The van der Waals surface area contributed by atoms with E-state index in [0.717, 1.165) is 0 Å². The molecule has 0 rings (SSSR count). The highest BCUT2D eigenvalue weighted by Gasteiger charge is 2.82. The minimum atomic E-state index is -7.56. The highest BCUT2D eigenvalue weighted by atomic mass is 19.4. The third kappa shape index (κ3) is 6.84. The summed E-state index contributed by atoms with van der Waals surface area (Å²) in [7, 11) is 0. The summed E-state index contributed by atoms with van der Waals surface area (Å²) >= 11 is 0. The van der Waals surface area contributed by atoms with Crippen LogP contribution in [0.2, 0.25) is 0 Å². The molecule has 188 valence electrons. The lowest BCUT2D eigenvalue weighted by atomic mass is 10.00. The van der Waals surface area contributed by atoms with Crippen LogP contribution in [0, 0.1) is 0 Å². The molecule has 0 bridgehead atoms. The van der Waals surface area contributed by atoms with E-state index in [2.05, 4.69) is 0 Å². The van der Waals surface area contributed by atoms with Crippen LogP contribution in [0.1, 0.15) is 25.7 Å². The zero-order valence-corrected chi connectivity index (χ0v) is 14.0. The predicted molar refractivity (Wildman–Crippen MR) is 61.3 cm³/mol. The van der Waals surface area contributed by atoms with Crippen molar-refractivity contribution in [3.63, 3.8) is 0 Å². The molecule has 31 heavy (non-hydrogen) atoms. The molecule has 0 radical (unpaired) electrons. The molecule has 0 fully saturated rings. The van der Waals surface area contributed by atoms with Crippen LogP contribution in [-0.4, -0.2) is 48.3 Å². The van der Waals surface area contributed by atoms with Crippen molar-refractivity contribution >= 4 is 0 Å². The Balaban J connectivity index is 6.48. The second-order valence-electron chi connectivity index (χ2n) is 5.93. The number of ether oxygens (including phenoxy) is 1. The highest BCUT2D eigenvalue weighted by Crippen LogP contribution is 2.57. The van der Waals surface area contributed by atoms with E-state index in [4.69, 9.17) is 0 Å². The lowest BCUT2D eigenvalue weighted by Crippen LogP contribution is -2.67. The maximum Gasteiger partial charge on any atom is 0.455 e. The Morgan fingerprint density at radius 3 is 0.742 bits per heavy atom. The number of alkyl halides is 18. The van der Waals surface area contributed by atoms with Crippen molar-refractivity contribution in [2.24, 2.45) is 0 Å². The van der Waals surface area contributed by atoms with E-state index >= 15 is 0 Å². The molecule has 2 unspecified atom stereocenters.